The molecule has 0 aliphatic carbocycles. The monoisotopic (exact) mass is 258 g/mol. The summed E-state index contributed by atoms with van der Waals surface area (Å²) in [7, 11) is 0. The van der Waals surface area contributed by atoms with Gasteiger partial charge in [0.15, 0.2) is 0 Å². The van der Waals surface area contributed by atoms with Crippen LogP contribution in [0.2, 0.25) is 0 Å². The number of rotatable bonds is 4. The van der Waals surface area contributed by atoms with Crippen molar-refractivity contribution in [2.45, 2.75) is 23.9 Å². The van der Waals surface area contributed by atoms with Gasteiger partial charge in [0.1, 0.15) is 4.11 Å². The smallest absolute Gasteiger partial charge is 0.302 e. The molecule has 0 amide bonds. The summed E-state index contributed by atoms with van der Waals surface area (Å²) in [5.74, 6) is -0.261. The van der Waals surface area contributed by atoms with Crippen molar-refractivity contribution in [3.05, 3.63) is 0 Å². The molecule has 0 aromatic heterocycles. The Labute approximate surface area is 73.9 Å². The van der Waals surface area contributed by atoms with Gasteiger partial charge < -0.3 is 9.84 Å². The summed E-state index contributed by atoms with van der Waals surface area (Å²) in [6.07, 6.45) is 1.40. The van der Waals surface area contributed by atoms with E-state index in [9.17, 15) is 4.79 Å². The molecule has 60 valence electrons. The number of aliphatic hydroxyl groups is 1. The zero-order valence-electron chi connectivity index (χ0n) is 5.84. The van der Waals surface area contributed by atoms with E-state index in [1.807, 2.05) is 22.6 Å². The van der Waals surface area contributed by atoms with Gasteiger partial charge in [0.25, 0.3) is 0 Å². The van der Waals surface area contributed by atoms with Crippen LogP contribution in [-0.4, -0.2) is 21.8 Å². The molecule has 3 nitrogen and oxygen atoms in total. The molecule has 0 heterocycles. The minimum Gasteiger partial charge on any atom is -0.466 e. The van der Waals surface area contributed by atoms with Crippen molar-refractivity contribution in [1.29, 1.82) is 0 Å². The molecule has 0 radical (unpaired) electrons. The predicted octanol–water partition coefficient (Wildman–Crippen LogP) is 1.08. The van der Waals surface area contributed by atoms with Crippen LogP contribution in [0.1, 0.15) is 19.8 Å². The van der Waals surface area contributed by atoms with Crippen molar-refractivity contribution in [3.63, 3.8) is 0 Å². The van der Waals surface area contributed by atoms with Gasteiger partial charge in [-0.2, -0.15) is 0 Å². The summed E-state index contributed by atoms with van der Waals surface area (Å²) in [4.78, 5) is 10.2. The van der Waals surface area contributed by atoms with E-state index < -0.39 is 0 Å². The lowest BCUT2D eigenvalue weighted by Gasteiger charge is -2.01. The first kappa shape index (κ1) is 10.2. The average Bonchev–Trinajstić information content (AvgIpc) is 1.79. The van der Waals surface area contributed by atoms with E-state index in [1.54, 1.807) is 0 Å². The van der Waals surface area contributed by atoms with Crippen LogP contribution in [0.3, 0.4) is 0 Å². The van der Waals surface area contributed by atoms with Crippen LogP contribution in [0, 0.1) is 0 Å². The number of aliphatic hydroxyl groups excluding tert-OH is 1. The molecule has 4 heteroatoms. The van der Waals surface area contributed by atoms with Crippen LogP contribution in [0.25, 0.3) is 0 Å². The standard InChI is InChI=1S/C6H11IO3/c1-5(8)10-4-2-3-6(7)9/h6,9H,2-4H2,1H3. The van der Waals surface area contributed by atoms with Crippen molar-refractivity contribution in [2.75, 3.05) is 6.61 Å². The number of carbonyl (C=O) groups is 1. The van der Waals surface area contributed by atoms with Gasteiger partial charge in [-0.05, 0) is 12.8 Å². The number of hydrogen-bond donors (Lipinski definition) is 1. The van der Waals surface area contributed by atoms with E-state index in [-0.39, 0.29) is 10.1 Å². The molecular formula is C6H11IO3. The maximum Gasteiger partial charge on any atom is 0.302 e. The molecule has 10 heavy (non-hydrogen) atoms. The third-order valence-corrected chi connectivity index (χ3v) is 1.51. The Kier molecular flexibility index (Phi) is 6.00. The maximum atomic E-state index is 10.2. The zero-order chi connectivity index (χ0) is 7.98. The lowest BCUT2D eigenvalue weighted by molar-refractivity contribution is -0.141. The zero-order valence-corrected chi connectivity index (χ0v) is 8.00. The van der Waals surface area contributed by atoms with Crippen LogP contribution >= 0.6 is 22.6 Å². The lowest BCUT2D eigenvalue weighted by atomic mass is 10.3. The van der Waals surface area contributed by atoms with E-state index in [0.29, 0.717) is 13.0 Å². The molecule has 0 fully saturated rings. The van der Waals surface area contributed by atoms with Crippen LogP contribution < -0.4 is 0 Å². The van der Waals surface area contributed by atoms with Gasteiger partial charge in [-0.1, -0.05) is 22.6 Å². The largest absolute Gasteiger partial charge is 0.466 e. The summed E-state index contributed by atoms with van der Waals surface area (Å²) < 4.78 is 4.31. The fourth-order valence-corrected chi connectivity index (χ4v) is 0.908. The first-order chi connectivity index (χ1) is 4.63. The van der Waals surface area contributed by atoms with Crippen molar-refractivity contribution < 1.29 is 14.6 Å². The molecule has 0 rings (SSSR count). The molecule has 0 aliphatic rings. The van der Waals surface area contributed by atoms with Gasteiger partial charge in [-0.25, -0.2) is 0 Å². The molecule has 1 unspecified atom stereocenters. The van der Waals surface area contributed by atoms with Crippen molar-refractivity contribution in [1.82, 2.24) is 0 Å². The number of carbonyl (C=O) groups excluding carboxylic acids is 1. The van der Waals surface area contributed by atoms with Crippen LogP contribution in [0.5, 0.6) is 0 Å². The Hall–Kier alpha value is 0.160. The normalized spacial score (nSPS) is 12.7. The molecule has 0 bridgehead atoms. The predicted molar refractivity (Wildman–Crippen MR) is 45.9 cm³/mol. The molecule has 0 saturated carbocycles. The van der Waals surface area contributed by atoms with E-state index in [4.69, 9.17) is 5.11 Å². The van der Waals surface area contributed by atoms with E-state index in [0.717, 1.165) is 6.42 Å². The summed E-state index contributed by atoms with van der Waals surface area (Å²) in [6, 6.07) is 0. The second-order valence-electron chi connectivity index (χ2n) is 1.92. The van der Waals surface area contributed by atoms with Crippen LogP contribution in [0.4, 0.5) is 0 Å². The topological polar surface area (TPSA) is 46.5 Å². The van der Waals surface area contributed by atoms with Crippen molar-refractivity contribution in [3.8, 4) is 0 Å². The highest BCUT2D eigenvalue weighted by Gasteiger charge is 1.97. The second-order valence-corrected chi connectivity index (χ2v) is 3.35. The Morgan fingerprint density at radius 1 is 1.80 bits per heavy atom. The number of alkyl halides is 1. The van der Waals surface area contributed by atoms with Gasteiger partial charge in [0.2, 0.25) is 0 Å². The molecule has 0 aliphatic heterocycles. The highest BCUT2D eigenvalue weighted by molar-refractivity contribution is 14.1. The molecule has 0 saturated heterocycles. The minimum absolute atomic E-state index is 0.261. The fraction of sp³-hybridized carbons (Fsp3) is 0.833. The minimum atomic E-state index is -0.326. The maximum absolute atomic E-state index is 10.2. The summed E-state index contributed by atoms with van der Waals surface area (Å²) in [6.45, 7) is 1.79. The number of halogens is 1. The first-order valence-corrected chi connectivity index (χ1v) is 4.33. The van der Waals surface area contributed by atoms with Crippen molar-refractivity contribution in [2.24, 2.45) is 0 Å². The van der Waals surface area contributed by atoms with E-state index in [1.165, 1.54) is 6.92 Å². The Bertz CT molecular complexity index is 103. The third-order valence-electron chi connectivity index (χ3n) is 0.892. The first-order valence-electron chi connectivity index (χ1n) is 3.08. The van der Waals surface area contributed by atoms with Gasteiger partial charge in [-0.3, -0.25) is 4.79 Å². The molecule has 0 spiro atoms. The summed E-state index contributed by atoms with van der Waals surface area (Å²) >= 11 is 1.91. The fourth-order valence-electron chi connectivity index (χ4n) is 0.468. The Balaban J connectivity index is 2.98. The van der Waals surface area contributed by atoms with Gasteiger partial charge in [0, 0.05) is 6.92 Å². The highest BCUT2D eigenvalue weighted by Crippen LogP contribution is 2.03. The molecule has 0 aromatic carbocycles. The quantitative estimate of drug-likeness (QED) is 0.355. The Morgan fingerprint density at radius 3 is 2.80 bits per heavy atom. The van der Waals surface area contributed by atoms with Crippen LogP contribution in [-0.2, 0) is 9.53 Å². The number of hydrogen-bond acceptors (Lipinski definition) is 3. The van der Waals surface area contributed by atoms with Gasteiger partial charge >= 0.3 is 5.97 Å². The second kappa shape index (κ2) is 5.91. The van der Waals surface area contributed by atoms with E-state index >= 15 is 0 Å². The number of ether oxygens (including phenoxy) is 1. The van der Waals surface area contributed by atoms with E-state index in [2.05, 4.69) is 4.74 Å². The van der Waals surface area contributed by atoms with Crippen molar-refractivity contribution >= 4 is 28.6 Å². The molecular weight excluding hydrogens is 247 g/mol. The summed E-state index contributed by atoms with van der Waals surface area (Å²) in [5, 5.41) is 8.76. The average molecular weight is 258 g/mol. The highest BCUT2D eigenvalue weighted by atomic mass is 127. The van der Waals surface area contributed by atoms with Crippen LogP contribution in [0.15, 0.2) is 0 Å². The number of esters is 1. The lowest BCUT2D eigenvalue weighted by Crippen LogP contribution is -2.03. The Morgan fingerprint density at radius 2 is 2.40 bits per heavy atom. The summed E-state index contributed by atoms with van der Waals surface area (Å²) in [5.41, 5.74) is 0. The SMILES string of the molecule is CC(=O)OCCCC(O)I. The molecule has 1 N–H and O–H groups in total. The molecule has 1 atom stereocenters. The van der Waals surface area contributed by atoms with Gasteiger partial charge in [0.05, 0.1) is 6.61 Å². The molecule has 0 aromatic rings. The van der Waals surface area contributed by atoms with Gasteiger partial charge in [-0.15, -0.1) is 0 Å². The third kappa shape index (κ3) is 8.16.